The van der Waals surface area contributed by atoms with E-state index >= 15 is 0 Å². The van der Waals surface area contributed by atoms with Crippen molar-refractivity contribution in [2.24, 2.45) is 0 Å². The number of nitrogens with one attached hydrogen (secondary N) is 1. The molecule has 0 atom stereocenters. The molecule has 0 unspecified atom stereocenters. The Bertz CT molecular complexity index is 455. The maximum absolute atomic E-state index is 10.8. The van der Waals surface area contributed by atoms with Crippen LogP contribution in [0.5, 0.6) is 0 Å². The number of rotatable bonds is 5. The van der Waals surface area contributed by atoms with E-state index in [1.54, 1.807) is 13.1 Å². The number of pyridine rings is 1. The van der Waals surface area contributed by atoms with Crippen LogP contribution in [0.4, 0.5) is 11.5 Å². The molecule has 0 amide bonds. The number of thioether (sulfide) groups is 1. The van der Waals surface area contributed by atoms with Crippen LogP contribution in [0.2, 0.25) is 0 Å². The van der Waals surface area contributed by atoms with Crippen LogP contribution < -0.4 is 5.32 Å². The van der Waals surface area contributed by atoms with Gasteiger partial charge in [0.15, 0.2) is 0 Å². The topological polar surface area (TPSA) is 68.1 Å². The molecule has 1 saturated carbocycles. The van der Waals surface area contributed by atoms with Crippen molar-refractivity contribution in [1.82, 2.24) is 4.98 Å². The lowest BCUT2D eigenvalue weighted by Crippen LogP contribution is -2.40. The summed E-state index contributed by atoms with van der Waals surface area (Å²) >= 11 is 1.87. The first-order valence-electron chi connectivity index (χ1n) is 5.96. The summed E-state index contributed by atoms with van der Waals surface area (Å²) in [5, 5.41) is 14.1. The van der Waals surface area contributed by atoms with Gasteiger partial charge >= 0.3 is 0 Å². The lowest BCUT2D eigenvalue weighted by Gasteiger charge is -2.40. The molecular formula is C12H17N3O2S. The van der Waals surface area contributed by atoms with Gasteiger partial charge in [0, 0.05) is 23.1 Å². The largest absolute Gasteiger partial charge is 0.368 e. The molecule has 1 aliphatic rings. The van der Waals surface area contributed by atoms with Gasteiger partial charge in [0.1, 0.15) is 5.82 Å². The van der Waals surface area contributed by atoms with Crippen molar-refractivity contribution in [2.45, 2.75) is 30.9 Å². The SMILES string of the molecule is CSC1(CNc2cc([N+](=O)[O-])c(C)cn2)CCC1. The van der Waals surface area contributed by atoms with Crippen molar-refractivity contribution in [3.05, 3.63) is 27.9 Å². The fourth-order valence-corrected chi connectivity index (χ4v) is 3.00. The van der Waals surface area contributed by atoms with Crippen LogP contribution in [-0.2, 0) is 0 Å². The van der Waals surface area contributed by atoms with Crippen molar-refractivity contribution < 1.29 is 4.92 Å². The van der Waals surface area contributed by atoms with Gasteiger partial charge in [0.25, 0.3) is 5.69 Å². The highest BCUT2D eigenvalue weighted by Gasteiger charge is 2.35. The lowest BCUT2D eigenvalue weighted by atomic mass is 9.84. The quantitative estimate of drug-likeness (QED) is 0.656. The van der Waals surface area contributed by atoms with Gasteiger partial charge in [-0.3, -0.25) is 10.1 Å². The minimum Gasteiger partial charge on any atom is -0.368 e. The number of nitrogens with zero attached hydrogens (tertiary/aromatic N) is 2. The molecule has 18 heavy (non-hydrogen) atoms. The predicted molar refractivity (Wildman–Crippen MR) is 74.2 cm³/mol. The zero-order valence-electron chi connectivity index (χ0n) is 10.6. The van der Waals surface area contributed by atoms with Gasteiger partial charge in [0.2, 0.25) is 0 Å². The average molecular weight is 267 g/mol. The minimum absolute atomic E-state index is 0.124. The molecule has 1 fully saturated rings. The molecule has 2 rings (SSSR count). The van der Waals surface area contributed by atoms with Crippen molar-refractivity contribution in [2.75, 3.05) is 18.1 Å². The van der Waals surface area contributed by atoms with Gasteiger partial charge in [-0.2, -0.15) is 11.8 Å². The number of anilines is 1. The summed E-state index contributed by atoms with van der Waals surface area (Å²) in [4.78, 5) is 14.7. The fraction of sp³-hybridized carbons (Fsp3) is 0.583. The minimum atomic E-state index is -0.365. The molecule has 1 N–H and O–H groups in total. The van der Waals surface area contributed by atoms with Crippen molar-refractivity contribution >= 4 is 23.3 Å². The first-order chi connectivity index (χ1) is 8.56. The monoisotopic (exact) mass is 267 g/mol. The summed E-state index contributed by atoms with van der Waals surface area (Å²) in [6.07, 6.45) is 7.34. The van der Waals surface area contributed by atoms with Crippen LogP contribution in [0.3, 0.4) is 0 Å². The fourth-order valence-electron chi connectivity index (χ4n) is 2.08. The predicted octanol–water partition coefficient (Wildman–Crippen LogP) is 3.00. The van der Waals surface area contributed by atoms with Gasteiger partial charge in [-0.15, -0.1) is 0 Å². The molecule has 1 heterocycles. The second kappa shape index (κ2) is 5.14. The van der Waals surface area contributed by atoms with E-state index in [1.165, 1.54) is 25.3 Å². The normalized spacial score (nSPS) is 17.0. The first-order valence-corrected chi connectivity index (χ1v) is 7.19. The third-order valence-electron chi connectivity index (χ3n) is 3.56. The van der Waals surface area contributed by atoms with Crippen LogP contribution in [0.15, 0.2) is 12.3 Å². The van der Waals surface area contributed by atoms with Crippen LogP contribution in [0.25, 0.3) is 0 Å². The summed E-state index contributed by atoms with van der Waals surface area (Å²) < 4.78 is 0.293. The van der Waals surface area contributed by atoms with Gasteiger partial charge in [-0.25, -0.2) is 4.98 Å². The van der Waals surface area contributed by atoms with E-state index in [0.717, 1.165) is 6.54 Å². The highest BCUT2D eigenvalue weighted by Crippen LogP contribution is 2.42. The Morgan fingerprint density at radius 2 is 2.33 bits per heavy atom. The summed E-state index contributed by atoms with van der Waals surface area (Å²) in [6.45, 7) is 2.52. The molecule has 1 aliphatic carbocycles. The Kier molecular flexibility index (Phi) is 3.75. The van der Waals surface area contributed by atoms with Crippen LogP contribution in [0.1, 0.15) is 24.8 Å². The molecule has 1 aromatic rings. The Labute approximate surface area is 111 Å². The Hall–Kier alpha value is -1.30. The van der Waals surface area contributed by atoms with E-state index in [2.05, 4.69) is 16.6 Å². The number of hydrogen-bond acceptors (Lipinski definition) is 5. The van der Waals surface area contributed by atoms with Gasteiger partial charge in [0.05, 0.1) is 11.0 Å². The molecule has 0 radical (unpaired) electrons. The lowest BCUT2D eigenvalue weighted by molar-refractivity contribution is -0.385. The average Bonchev–Trinajstić information content (AvgIpc) is 2.30. The molecule has 1 aromatic heterocycles. The van der Waals surface area contributed by atoms with E-state index in [1.807, 2.05) is 11.8 Å². The van der Waals surface area contributed by atoms with Gasteiger partial charge in [-0.05, 0) is 26.0 Å². The molecule has 98 valence electrons. The zero-order valence-corrected chi connectivity index (χ0v) is 11.4. The maximum Gasteiger partial charge on any atom is 0.277 e. The second-order valence-corrected chi connectivity index (χ2v) is 5.98. The molecule has 0 aliphatic heterocycles. The summed E-state index contributed by atoms with van der Waals surface area (Å²) in [6, 6.07) is 1.52. The smallest absolute Gasteiger partial charge is 0.277 e. The molecule has 0 bridgehead atoms. The standard InChI is InChI=1S/C12H17N3O2S/c1-9-7-13-11(6-10(9)15(16)17)14-8-12(18-2)4-3-5-12/h6-7H,3-5,8H2,1-2H3,(H,13,14). The van der Waals surface area contributed by atoms with Crippen LogP contribution >= 0.6 is 11.8 Å². The number of aromatic nitrogens is 1. The Morgan fingerprint density at radius 3 is 2.83 bits per heavy atom. The summed E-state index contributed by atoms with van der Waals surface area (Å²) in [5.41, 5.74) is 0.716. The van der Waals surface area contributed by atoms with E-state index in [4.69, 9.17) is 0 Å². The third-order valence-corrected chi connectivity index (χ3v) is 4.98. The zero-order chi connectivity index (χ0) is 13.2. The Balaban J connectivity index is 2.06. The number of aryl methyl sites for hydroxylation is 1. The second-order valence-electron chi connectivity index (χ2n) is 4.71. The number of nitro groups is 1. The highest BCUT2D eigenvalue weighted by atomic mass is 32.2. The van der Waals surface area contributed by atoms with E-state index in [0.29, 0.717) is 16.1 Å². The Morgan fingerprint density at radius 1 is 1.61 bits per heavy atom. The maximum atomic E-state index is 10.8. The molecule has 6 heteroatoms. The summed E-state index contributed by atoms with van der Waals surface area (Å²) in [5.74, 6) is 0.590. The first kappa shape index (κ1) is 13.1. The van der Waals surface area contributed by atoms with Crippen molar-refractivity contribution in [1.29, 1.82) is 0 Å². The van der Waals surface area contributed by atoms with Crippen molar-refractivity contribution in [3.63, 3.8) is 0 Å². The van der Waals surface area contributed by atoms with Gasteiger partial charge < -0.3 is 5.32 Å². The molecule has 5 nitrogen and oxygen atoms in total. The van der Waals surface area contributed by atoms with E-state index in [9.17, 15) is 10.1 Å². The third kappa shape index (κ3) is 2.58. The highest BCUT2D eigenvalue weighted by molar-refractivity contribution is 8.00. The van der Waals surface area contributed by atoms with E-state index < -0.39 is 0 Å². The van der Waals surface area contributed by atoms with Crippen molar-refractivity contribution in [3.8, 4) is 0 Å². The van der Waals surface area contributed by atoms with E-state index in [-0.39, 0.29) is 10.6 Å². The van der Waals surface area contributed by atoms with Crippen LogP contribution in [0, 0.1) is 17.0 Å². The molecular weight excluding hydrogens is 250 g/mol. The summed E-state index contributed by atoms with van der Waals surface area (Å²) in [7, 11) is 0. The molecule has 0 spiro atoms. The molecule has 0 saturated heterocycles. The number of hydrogen-bond donors (Lipinski definition) is 1. The van der Waals surface area contributed by atoms with Gasteiger partial charge in [-0.1, -0.05) is 6.42 Å². The molecule has 0 aromatic carbocycles. The van der Waals surface area contributed by atoms with Crippen LogP contribution in [-0.4, -0.2) is 27.5 Å².